The van der Waals surface area contributed by atoms with Crippen LogP contribution < -0.4 is 19.5 Å². The Balaban J connectivity index is 1.49. The molecule has 2 N–H and O–H groups in total. The fourth-order valence-corrected chi connectivity index (χ4v) is 4.38. The zero-order valence-electron chi connectivity index (χ0n) is 17.8. The molecule has 0 spiro atoms. The highest BCUT2D eigenvalue weighted by atomic mass is 32.2. The van der Waals surface area contributed by atoms with Crippen molar-refractivity contribution in [3.8, 4) is 11.5 Å². The molecule has 1 aromatic heterocycles. The van der Waals surface area contributed by atoms with Gasteiger partial charge in [-0.15, -0.1) is 0 Å². The van der Waals surface area contributed by atoms with Gasteiger partial charge in [0.1, 0.15) is 19.0 Å². The summed E-state index contributed by atoms with van der Waals surface area (Å²) in [4.78, 5) is 13.0. The summed E-state index contributed by atoms with van der Waals surface area (Å²) >= 11 is 0. The van der Waals surface area contributed by atoms with Crippen molar-refractivity contribution in [1.82, 2.24) is 10.0 Å². The second kappa shape index (κ2) is 9.05. The van der Waals surface area contributed by atoms with Crippen LogP contribution in [0.5, 0.6) is 11.5 Å². The van der Waals surface area contributed by atoms with Crippen molar-refractivity contribution < 1.29 is 27.1 Å². The van der Waals surface area contributed by atoms with Crippen molar-refractivity contribution >= 4 is 15.9 Å². The number of ether oxygens (including phenoxy) is 2. The van der Waals surface area contributed by atoms with Crippen LogP contribution in [0.3, 0.4) is 0 Å². The minimum absolute atomic E-state index is 0.00629. The Labute approximate surface area is 186 Å². The topological polar surface area (TPSA) is 107 Å². The molecule has 0 fully saturated rings. The second-order valence-corrected chi connectivity index (χ2v) is 9.25. The number of benzene rings is 2. The smallest absolute Gasteiger partial charge is 0.252 e. The van der Waals surface area contributed by atoms with E-state index in [0.29, 0.717) is 36.0 Å². The summed E-state index contributed by atoms with van der Waals surface area (Å²) in [6.45, 7) is 4.62. The number of aryl methyl sites for hydroxylation is 1. The molecule has 0 saturated carbocycles. The highest BCUT2D eigenvalue weighted by Crippen LogP contribution is 2.32. The fraction of sp³-hybridized carbons (Fsp3) is 0.261. The van der Waals surface area contributed by atoms with E-state index in [2.05, 4.69) is 10.0 Å². The molecule has 168 valence electrons. The van der Waals surface area contributed by atoms with Gasteiger partial charge in [0, 0.05) is 5.56 Å². The largest absolute Gasteiger partial charge is 0.486 e. The Hall–Kier alpha value is -3.30. The Bertz CT molecular complexity index is 1220. The number of hydrogen-bond acceptors (Lipinski definition) is 6. The first kappa shape index (κ1) is 21.9. The number of carbonyl (C=O) groups excluding carboxylic acids is 1. The minimum Gasteiger partial charge on any atom is -0.486 e. The van der Waals surface area contributed by atoms with Crippen LogP contribution in [-0.4, -0.2) is 27.5 Å². The molecule has 1 amide bonds. The highest BCUT2D eigenvalue weighted by molar-refractivity contribution is 7.89. The molecule has 0 aliphatic carbocycles. The molecule has 1 aliphatic rings. The summed E-state index contributed by atoms with van der Waals surface area (Å²) < 4.78 is 44.1. The summed E-state index contributed by atoms with van der Waals surface area (Å²) in [7, 11) is -3.82. The maximum absolute atomic E-state index is 13.0. The van der Waals surface area contributed by atoms with E-state index in [1.165, 1.54) is 18.4 Å². The number of furan rings is 1. The quantitative estimate of drug-likeness (QED) is 0.565. The van der Waals surface area contributed by atoms with Crippen LogP contribution in [-0.2, 0) is 16.6 Å². The van der Waals surface area contributed by atoms with Crippen LogP contribution in [0.15, 0.2) is 64.1 Å². The Morgan fingerprint density at radius 1 is 1.06 bits per heavy atom. The van der Waals surface area contributed by atoms with Gasteiger partial charge in [-0.1, -0.05) is 12.1 Å². The molecule has 1 aliphatic heterocycles. The van der Waals surface area contributed by atoms with E-state index >= 15 is 0 Å². The van der Waals surface area contributed by atoms with Crippen molar-refractivity contribution in [2.45, 2.75) is 31.3 Å². The van der Waals surface area contributed by atoms with Crippen LogP contribution in [0.2, 0.25) is 0 Å². The Kier molecular flexibility index (Phi) is 6.20. The lowest BCUT2D eigenvalue weighted by atomic mass is 10.0. The molecule has 8 nitrogen and oxygen atoms in total. The molecule has 0 bridgehead atoms. The first-order valence-corrected chi connectivity index (χ1v) is 11.6. The molecular formula is C23H24N2O6S. The molecule has 0 radical (unpaired) electrons. The molecule has 3 aromatic rings. The summed E-state index contributed by atoms with van der Waals surface area (Å²) in [5.41, 5.74) is 1.81. The number of carbonyl (C=O) groups is 1. The van der Waals surface area contributed by atoms with Gasteiger partial charge in [-0.3, -0.25) is 4.79 Å². The van der Waals surface area contributed by atoms with Crippen LogP contribution in [0, 0.1) is 6.92 Å². The fourth-order valence-electron chi connectivity index (χ4n) is 3.36. The molecule has 4 rings (SSSR count). The minimum atomic E-state index is -3.82. The number of nitrogens with one attached hydrogen (secondary N) is 2. The van der Waals surface area contributed by atoms with Crippen molar-refractivity contribution in [2.24, 2.45) is 0 Å². The van der Waals surface area contributed by atoms with Crippen LogP contribution in [0.4, 0.5) is 0 Å². The van der Waals surface area contributed by atoms with Crippen LogP contribution in [0.1, 0.15) is 40.2 Å². The summed E-state index contributed by atoms with van der Waals surface area (Å²) in [6, 6.07) is 13.0. The van der Waals surface area contributed by atoms with Gasteiger partial charge in [0.15, 0.2) is 11.5 Å². The molecule has 0 saturated heterocycles. The van der Waals surface area contributed by atoms with E-state index in [1.807, 2.05) is 25.1 Å². The lowest BCUT2D eigenvalue weighted by molar-refractivity contribution is 0.0939. The summed E-state index contributed by atoms with van der Waals surface area (Å²) in [5, 5.41) is 2.93. The third kappa shape index (κ3) is 4.79. The van der Waals surface area contributed by atoms with Gasteiger partial charge in [0.05, 0.1) is 23.7 Å². The average molecular weight is 457 g/mol. The van der Waals surface area contributed by atoms with Crippen LogP contribution in [0.25, 0.3) is 0 Å². The SMILES string of the molecule is Cc1ccc(S(=O)(=O)NCc2ccco2)cc1C(=O)N[C@@H](C)c1ccc2c(c1)OCCO2. The molecule has 1 atom stereocenters. The van der Waals surface area contributed by atoms with Gasteiger partial charge in [-0.05, 0) is 61.4 Å². The predicted molar refractivity (Wildman–Crippen MR) is 117 cm³/mol. The van der Waals surface area contributed by atoms with Crippen LogP contribution >= 0.6 is 0 Å². The molecule has 0 unspecified atom stereocenters. The van der Waals surface area contributed by atoms with E-state index in [0.717, 1.165) is 5.56 Å². The van der Waals surface area contributed by atoms with E-state index in [9.17, 15) is 13.2 Å². The second-order valence-electron chi connectivity index (χ2n) is 7.48. The average Bonchev–Trinajstić information content (AvgIpc) is 3.31. The lowest BCUT2D eigenvalue weighted by Gasteiger charge is -2.21. The normalized spacial score (nSPS) is 14.1. The number of rotatable bonds is 7. The third-order valence-corrected chi connectivity index (χ3v) is 6.59. The molecule has 2 aromatic carbocycles. The van der Waals surface area contributed by atoms with Gasteiger partial charge in [-0.2, -0.15) is 0 Å². The maximum Gasteiger partial charge on any atom is 0.252 e. The first-order valence-electron chi connectivity index (χ1n) is 10.2. The van der Waals surface area contributed by atoms with E-state index in [4.69, 9.17) is 13.9 Å². The van der Waals surface area contributed by atoms with Crippen molar-refractivity contribution in [3.05, 3.63) is 77.2 Å². The number of fused-ring (bicyclic) bond motifs is 1. The molecule has 9 heteroatoms. The van der Waals surface area contributed by atoms with Gasteiger partial charge in [0.2, 0.25) is 10.0 Å². The standard InChI is InChI=1S/C23H24N2O6S/c1-15-5-7-19(32(27,28)24-14-18-4-3-9-29-18)13-20(15)23(26)25-16(2)17-6-8-21-22(12-17)31-11-10-30-21/h3-9,12-13,16,24H,10-11,14H2,1-2H3,(H,25,26)/t16-/m0/s1. The molecular weight excluding hydrogens is 432 g/mol. The first-order chi connectivity index (χ1) is 15.3. The number of amides is 1. The maximum atomic E-state index is 13.0. The van der Waals surface area contributed by atoms with Gasteiger partial charge in [0.25, 0.3) is 5.91 Å². The van der Waals surface area contributed by atoms with E-state index < -0.39 is 10.0 Å². The van der Waals surface area contributed by atoms with Crippen molar-refractivity contribution in [3.63, 3.8) is 0 Å². The zero-order valence-corrected chi connectivity index (χ0v) is 18.6. The van der Waals surface area contributed by atoms with Gasteiger partial charge >= 0.3 is 0 Å². The van der Waals surface area contributed by atoms with Crippen molar-refractivity contribution in [2.75, 3.05) is 13.2 Å². The summed E-state index contributed by atoms with van der Waals surface area (Å²) in [6.07, 6.45) is 1.47. The summed E-state index contributed by atoms with van der Waals surface area (Å²) in [5.74, 6) is 1.44. The monoisotopic (exact) mass is 456 g/mol. The molecule has 2 heterocycles. The molecule has 32 heavy (non-hydrogen) atoms. The number of hydrogen-bond donors (Lipinski definition) is 2. The van der Waals surface area contributed by atoms with Gasteiger partial charge in [-0.25, -0.2) is 13.1 Å². The van der Waals surface area contributed by atoms with E-state index in [-0.39, 0.29) is 29.0 Å². The van der Waals surface area contributed by atoms with Crippen molar-refractivity contribution in [1.29, 1.82) is 0 Å². The Morgan fingerprint density at radius 3 is 2.59 bits per heavy atom. The lowest BCUT2D eigenvalue weighted by Crippen LogP contribution is -2.28. The number of sulfonamides is 1. The van der Waals surface area contributed by atoms with E-state index in [1.54, 1.807) is 25.1 Å². The zero-order chi connectivity index (χ0) is 22.7. The highest BCUT2D eigenvalue weighted by Gasteiger charge is 2.21. The third-order valence-electron chi connectivity index (χ3n) is 5.19. The van der Waals surface area contributed by atoms with Gasteiger partial charge < -0.3 is 19.2 Å². The predicted octanol–water partition coefficient (Wildman–Crippen LogP) is 3.33. The Morgan fingerprint density at radius 2 is 1.84 bits per heavy atom.